The van der Waals surface area contributed by atoms with Gasteiger partial charge in [-0.3, -0.25) is 4.79 Å². The molecule has 0 fully saturated rings. The summed E-state index contributed by atoms with van der Waals surface area (Å²) in [6.45, 7) is 3.78. The predicted molar refractivity (Wildman–Crippen MR) is 38.6 cm³/mol. The molecule has 2 heteroatoms. The molecule has 1 aliphatic carbocycles. The molecule has 0 aromatic rings. The normalized spacial score (nSPS) is 24.0. The average Bonchev–Trinajstić information content (AvgIpc) is 2.14. The lowest BCUT2D eigenvalue weighted by Gasteiger charge is -2.02. The van der Waals surface area contributed by atoms with E-state index in [1.807, 2.05) is 19.9 Å². The number of aliphatic carboxylic acids is 1. The second-order valence-corrected chi connectivity index (χ2v) is 2.54. The van der Waals surface area contributed by atoms with Gasteiger partial charge in [0.15, 0.2) is 0 Å². The summed E-state index contributed by atoms with van der Waals surface area (Å²) in [5, 5.41) is 8.62. The van der Waals surface area contributed by atoms with Crippen LogP contribution in [0.5, 0.6) is 0 Å². The molecule has 0 amide bonds. The zero-order valence-electron chi connectivity index (χ0n) is 6.09. The van der Waals surface area contributed by atoms with E-state index >= 15 is 0 Å². The number of hydrogen-bond acceptors (Lipinski definition) is 1. The first-order chi connectivity index (χ1) is 4.63. The van der Waals surface area contributed by atoms with Gasteiger partial charge in [-0.2, -0.15) is 0 Å². The summed E-state index contributed by atoms with van der Waals surface area (Å²) in [7, 11) is 0. The van der Waals surface area contributed by atoms with Crippen molar-refractivity contribution in [3.8, 4) is 0 Å². The van der Waals surface area contributed by atoms with Crippen molar-refractivity contribution in [2.24, 2.45) is 5.92 Å². The van der Waals surface area contributed by atoms with Crippen LogP contribution in [0.2, 0.25) is 0 Å². The summed E-state index contributed by atoms with van der Waals surface area (Å²) in [5.41, 5.74) is 2.03. The molecule has 0 spiro atoms. The minimum atomic E-state index is -0.759. The second kappa shape index (κ2) is 2.29. The fourth-order valence-electron chi connectivity index (χ4n) is 1.03. The molecule has 0 saturated heterocycles. The van der Waals surface area contributed by atoms with Crippen LogP contribution in [-0.2, 0) is 4.79 Å². The van der Waals surface area contributed by atoms with Gasteiger partial charge >= 0.3 is 5.97 Å². The highest BCUT2D eigenvalue weighted by atomic mass is 16.4. The lowest BCUT2D eigenvalue weighted by molar-refractivity contribution is -0.138. The van der Waals surface area contributed by atoms with Crippen molar-refractivity contribution in [1.29, 1.82) is 0 Å². The molecule has 0 bridgehead atoms. The first kappa shape index (κ1) is 7.06. The molecule has 1 aliphatic rings. The van der Waals surface area contributed by atoms with Gasteiger partial charge < -0.3 is 5.11 Å². The van der Waals surface area contributed by atoms with E-state index in [2.05, 4.69) is 0 Å². The molecule has 0 aromatic carbocycles. The van der Waals surface area contributed by atoms with Gasteiger partial charge in [0.1, 0.15) is 0 Å². The van der Waals surface area contributed by atoms with Crippen molar-refractivity contribution in [2.75, 3.05) is 0 Å². The lowest BCUT2D eigenvalue weighted by Crippen LogP contribution is -2.09. The van der Waals surface area contributed by atoms with Crippen molar-refractivity contribution >= 4 is 5.97 Å². The molecule has 1 rings (SSSR count). The topological polar surface area (TPSA) is 37.3 Å². The highest BCUT2D eigenvalue weighted by Gasteiger charge is 2.20. The third kappa shape index (κ3) is 0.967. The summed E-state index contributed by atoms with van der Waals surface area (Å²) in [6, 6.07) is 0. The van der Waals surface area contributed by atoms with E-state index in [0.717, 1.165) is 11.1 Å². The molecule has 0 aromatic heterocycles. The smallest absolute Gasteiger partial charge is 0.314 e. The van der Waals surface area contributed by atoms with Crippen LogP contribution in [0.4, 0.5) is 0 Å². The Kier molecular flexibility index (Phi) is 1.62. The zero-order valence-corrected chi connectivity index (χ0v) is 6.09. The van der Waals surface area contributed by atoms with E-state index < -0.39 is 5.97 Å². The van der Waals surface area contributed by atoms with Crippen molar-refractivity contribution in [3.63, 3.8) is 0 Å². The molecule has 1 N–H and O–H groups in total. The van der Waals surface area contributed by atoms with Crippen molar-refractivity contribution in [1.82, 2.24) is 0 Å². The summed E-state index contributed by atoms with van der Waals surface area (Å²) in [5.74, 6) is -1.13. The van der Waals surface area contributed by atoms with Crippen molar-refractivity contribution < 1.29 is 9.90 Å². The lowest BCUT2D eigenvalue weighted by atomic mass is 10.0. The molecule has 2 nitrogen and oxygen atoms in total. The SMILES string of the molecule is CC1=C(C)C(C(=O)O)C=C1. The van der Waals surface area contributed by atoms with Gasteiger partial charge in [-0.05, 0) is 13.8 Å². The average molecular weight is 138 g/mol. The molecule has 54 valence electrons. The van der Waals surface area contributed by atoms with Crippen LogP contribution < -0.4 is 0 Å². The van der Waals surface area contributed by atoms with Crippen LogP contribution in [0, 0.1) is 5.92 Å². The monoisotopic (exact) mass is 138 g/mol. The van der Waals surface area contributed by atoms with Crippen LogP contribution in [0.3, 0.4) is 0 Å². The number of rotatable bonds is 1. The number of allylic oxidation sites excluding steroid dienone is 2. The first-order valence-corrected chi connectivity index (χ1v) is 3.21. The van der Waals surface area contributed by atoms with E-state index in [1.54, 1.807) is 6.08 Å². The number of carboxylic acid groups (broad SMARTS) is 1. The summed E-state index contributed by atoms with van der Waals surface area (Å²) in [4.78, 5) is 10.5. The van der Waals surface area contributed by atoms with Gasteiger partial charge in [0, 0.05) is 0 Å². The summed E-state index contributed by atoms with van der Waals surface area (Å²) < 4.78 is 0. The Bertz CT molecular complexity index is 223. The van der Waals surface area contributed by atoms with Gasteiger partial charge in [0.25, 0.3) is 0 Å². The maximum atomic E-state index is 10.5. The number of hydrogen-bond donors (Lipinski definition) is 1. The van der Waals surface area contributed by atoms with Crippen LogP contribution in [0.25, 0.3) is 0 Å². The van der Waals surface area contributed by atoms with E-state index in [-0.39, 0.29) is 5.92 Å². The van der Waals surface area contributed by atoms with Crippen molar-refractivity contribution in [2.45, 2.75) is 13.8 Å². The van der Waals surface area contributed by atoms with Crippen LogP contribution >= 0.6 is 0 Å². The summed E-state index contributed by atoms with van der Waals surface area (Å²) >= 11 is 0. The molecule has 0 saturated carbocycles. The highest BCUT2D eigenvalue weighted by molar-refractivity contribution is 5.77. The van der Waals surface area contributed by atoms with Crippen molar-refractivity contribution in [3.05, 3.63) is 23.3 Å². The fourth-order valence-corrected chi connectivity index (χ4v) is 1.03. The maximum Gasteiger partial charge on any atom is 0.314 e. The van der Waals surface area contributed by atoms with Gasteiger partial charge in [-0.15, -0.1) is 0 Å². The first-order valence-electron chi connectivity index (χ1n) is 3.21. The largest absolute Gasteiger partial charge is 0.481 e. The highest BCUT2D eigenvalue weighted by Crippen LogP contribution is 2.24. The number of carbonyl (C=O) groups is 1. The minimum absolute atomic E-state index is 0.375. The Morgan fingerprint density at radius 3 is 2.40 bits per heavy atom. The molecule has 0 aliphatic heterocycles. The third-order valence-electron chi connectivity index (χ3n) is 1.89. The van der Waals surface area contributed by atoms with Crippen LogP contribution in [0.15, 0.2) is 23.3 Å². The van der Waals surface area contributed by atoms with Crippen LogP contribution in [-0.4, -0.2) is 11.1 Å². The number of carboxylic acids is 1. The fraction of sp³-hybridized carbons (Fsp3) is 0.375. The third-order valence-corrected chi connectivity index (χ3v) is 1.89. The van der Waals surface area contributed by atoms with E-state index in [4.69, 9.17) is 5.11 Å². The molecular formula is C8H10O2. The predicted octanol–water partition coefficient (Wildman–Crippen LogP) is 1.59. The maximum absolute atomic E-state index is 10.5. The quantitative estimate of drug-likeness (QED) is 0.597. The Morgan fingerprint density at radius 2 is 2.20 bits per heavy atom. The van der Waals surface area contributed by atoms with E-state index in [0.29, 0.717) is 0 Å². The molecule has 1 atom stereocenters. The standard InChI is InChI=1S/C8H10O2/c1-5-3-4-7(6(5)2)8(9)10/h3-4,7H,1-2H3,(H,9,10). The van der Waals surface area contributed by atoms with Gasteiger partial charge in [-0.25, -0.2) is 0 Å². The Hall–Kier alpha value is -1.05. The van der Waals surface area contributed by atoms with Crippen LogP contribution in [0.1, 0.15) is 13.8 Å². The van der Waals surface area contributed by atoms with Gasteiger partial charge in [0.2, 0.25) is 0 Å². The molecule has 0 heterocycles. The van der Waals surface area contributed by atoms with Gasteiger partial charge in [-0.1, -0.05) is 23.3 Å². The Labute approximate surface area is 59.9 Å². The second-order valence-electron chi connectivity index (χ2n) is 2.54. The molecule has 10 heavy (non-hydrogen) atoms. The van der Waals surface area contributed by atoms with Gasteiger partial charge in [0.05, 0.1) is 5.92 Å². The molecule has 1 unspecified atom stereocenters. The summed E-state index contributed by atoms with van der Waals surface area (Å²) in [6.07, 6.45) is 3.57. The minimum Gasteiger partial charge on any atom is -0.481 e. The zero-order chi connectivity index (χ0) is 7.72. The Morgan fingerprint density at radius 1 is 1.60 bits per heavy atom. The van der Waals surface area contributed by atoms with E-state index in [9.17, 15) is 4.79 Å². The van der Waals surface area contributed by atoms with E-state index in [1.165, 1.54) is 0 Å². The molecule has 0 radical (unpaired) electrons. The molecular weight excluding hydrogens is 128 g/mol. The Balaban J connectivity index is 2.88.